The first-order chi connectivity index (χ1) is 40.9. The number of likely N-dealkylation sites (tertiary alicyclic amines) is 2. The van der Waals surface area contributed by atoms with Crippen LogP contribution in [0.15, 0.2) is 51.5 Å². The number of nitrogen functional groups attached to an aromatic ring is 1. The highest BCUT2D eigenvalue weighted by atomic mass is 16.1. The fraction of sp³-hybridized carbons (Fsp3) is 0.632. The number of anilines is 1. The summed E-state index contributed by atoms with van der Waals surface area (Å²) in [6.45, 7) is 12.9. The first-order valence-electron chi connectivity index (χ1n) is 29.1. The van der Waals surface area contributed by atoms with Crippen molar-refractivity contribution < 1.29 is 28.8 Å². The number of likely N-dealkylation sites (N-methyl/N-ethyl adjacent to an activating group) is 6. The highest BCUT2D eigenvalue weighted by molar-refractivity contribution is 5.84. The van der Waals surface area contributed by atoms with Crippen LogP contribution in [-0.4, -0.2) is 202 Å². The van der Waals surface area contributed by atoms with Crippen LogP contribution in [-0.2, 0) is 41.6 Å². The summed E-state index contributed by atoms with van der Waals surface area (Å²) in [6, 6.07) is 8.88. The van der Waals surface area contributed by atoms with Crippen molar-refractivity contribution in [1.29, 1.82) is 10.8 Å². The second-order valence-corrected chi connectivity index (χ2v) is 20.9. The summed E-state index contributed by atoms with van der Waals surface area (Å²) in [5, 5.41) is 32.6. The Morgan fingerprint density at radius 3 is 1.47 bits per heavy atom. The van der Waals surface area contributed by atoms with Crippen LogP contribution in [0.5, 0.6) is 0 Å². The molecule has 1 aromatic carbocycles. The number of nitrogens with one attached hydrogen (secondary N) is 8. The third-order valence-electron chi connectivity index (χ3n) is 14.2. The molecule has 0 spiro atoms. The van der Waals surface area contributed by atoms with Gasteiger partial charge in [0.25, 0.3) is 0 Å². The molecule has 30 heteroatoms. The van der Waals surface area contributed by atoms with Gasteiger partial charge >= 0.3 is 0 Å². The molecule has 87 heavy (non-hydrogen) atoms. The molecule has 492 valence electrons. The van der Waals surface area contributed by atoms with Crippen molar-refractivity contribution in [3.63, 3.8) is 0 Å². The van der Waals surface area contributed by atoms with Gasteiger partial charge in [-0.15, -0.1) is 0 Å². The van der Waals surface area contributed by atoms with Crippen molar-refractivity contribution in [2.75, 3.05) is 80.7 Å². The van der Waals surface area contributed by atoms with Crippen LogP contribution in [0, 0.1) is 16.7 Å². The van der Waals surface area contributed by atoms with Crippen LogP contribution in [0.2, 0.25) is 0 Å². The number of guanidine groups is 5. The molecule has 4 rings (SSSR count). The summed E-state index contributed by atoms with van der Waals surface area (Å²) >= 11 is 0. The number of ketones is 6. The molecule has 2 fully saturated rings. The van der Waals surface area contributed by atoms with Gasteiger partial charge in [0.15, 0.2) is 29.8 Å². The van der Waals surface area contributed by atoms with Gasteiger partial charge < -0.3 is 93.3 Å². The topological polar surface area (TPSA) is 526 Å². The first-order valence-corrected chi connectivity index (χ1v) is 29.1. The molecule has 30 nitrogen and oxygen atoms in total. The Labute approximate surface area is 515 Å². The Balaban J connectivity index is 0. The molecule has 2 aromatic rings. The van der Waals surface area contributed by atoms with Gasteiger partial charge in [0.05, 0.1) is 41.9 Å². The van der Waals surface area contributed by atoms with E-state index in [0.29, 0.717) is 37.5 Å². The number of carbonyl (C=O) groups excluding carboxylic acids is 6. The summed E-state index contributed by atoms with van der Waals surface area (Å²) in [4.78, 5) is 90.0. The van der Waals surface area contributed by atoms with E-state index in [1.807, 2.05) is 47.2 Å². The van der Waals surface area contributed by atoms with E-state index in [1.165, 1.54) is 6.92 Å². The van der Waals surface area contributed by atoms with Gasteiger partial charge in [-0.2, -0.15) is 0 Å². The molecule has 2 aliphatic heterocycles. The third-order valence-corrected chi connectivity index (χ3v) is 14.2. The average molecular weight is 1230 g/mol. The van der Waals surface area contributed by atoms with Crippen molar-refractivity contribution >= 4 is 76.1 Å². The number of piperidine rings is 1. The van der Waals surface area contributed by atoms with Gasteiger partial charge in [0.2, 0.25) is 5.95 Å². The number of aryl methyl sites for hydroxylation is 1. The standard InChI is InChI=1S/C12H18N4O.C10H20N4O.C10H16N4O.C10H20N4O.C8H18N4O.C7H16N4O/c1-8(17)11(15-2)7-9-3-5-10(6-4-9)16-12(13)14;1-7(15)9(13-2)8-3-5-14(6-4-8)10(11)12;1-7(15)9(12-2)4-3-8-5-6-13-10(11)14-8;1-7(15)9(13-2)6-8-4-3-5-14(8)10(11)12;1-6(13)7(11-2)4-3-5-12-8(9)10;1-5(12)6(10-2)3-4-11-7(8)9/h3-6,11,15H,7H2,1-2H3,(H4,13,14,16);8-9,13H,3-6H2,1-2H3,(H3,11,12);5-6,9,12H,3-4H2,1-2H3,(H2,11,13,14);8-9,13H,3-6H2,1-2H3,(H3,11,12);7,11H,3-5H2,1-2H3,(H4,9,10,12);6,10H,3-4H2,1-2H3,(H4,8,9,11). The fourth-order valence-corrected chi connectivity index (χ4v) is 9.27. The Morgan fingerprint density at radius 1 is 0.575 bits per heavy atom. The minimum absolute atomic E-state index is 0.0367. The summed E-state index contributed by atoms with van der Waals surface area (Å²) in [6.07, 6.45) is 10.6. The number of rotatable bonds is 28. The highest BCUT2D eigenvalue weighted by Gasteiger charge is 2.30. The summed E-state index contributed by atoms with van der Waals surface area (Å²) in [5.41, 5.74) is 50.1. The van der Waals surface area contributed by atoms with Gasteiger partial charge in [-0.25, -0.2) is 15.0 Å². The van der Waals surface area contributed by atoms with Crippen molar-refractivity contribution in [3.05, 3.63) is 47.8 Å². The molecule has 0 bridgehead atoms. The number of hydrogen-bond donors (Lipinski definition) is 17. The predicted octanol–water partition coefficient (Wildman–Crippen LogP) is -1.80. The molecule has 7 atom stereocenters. The lowest BCUT2D eigenvalue weighted by atomic mass is 9.87. The molecular weight excluding hydrogens is 1120 g/mol. The van der Waals surface area contributed by atoms with Crippen LogP contribution >= 0.6 is 0 Å². The molecule has 1 aromatic heterocycles. The normalized spacial score (nSPS) is 15.3. The average Bonchev–Trinajstić information content (AvgIpc) is 4.14. The van der Waals surface area contributed by atoms with Gasteiger partial charge in [-0.1, -0.05) is 12.1 Å². The second-order valence-electron chi connectivity index (χ2n) is 20.9. The SMILES string of the molecule is CNC(C(C)=O)C1CCN(C(=N)N)CC1.CNC(CC1CCCN1C(=N)N)C(C)=O.CNC(CCCN=C(N)N)C(C)=O.CNC(CCN=C(N)N)C(C)=O.CNC(CCc1ccnc(N)n1)C(C)=O.CNC(Cc1ccc(N=C(N)N)cc1)C(C)=O. The molecule has 2 saturated heterocycles. The highest BCUT2D eigenvalue weighted by Crippen LogP contribution is 2.22. The van der Waals surface area contributed by atoms with Crippen molar-refractivity contribution in [2.45, 2.75) is 154 Å². The van der Waals surface area contributed by atoms with E-state index in [-0.39, 0.29) is 113 Å². The number of carbonyl (C=O) groups is 6. The monoisotopic (exact) mass is 1220 g/mol. The Morgan fingerprint density at radius 2 is 1.06 bits per heavy atom. The number of hydrogen-bond acceptors (Lipinski definition) is 20. The van der Waals surface area contributed by atoms with E-state index in [4.69, 9.17) is 62.4 Å². The first kappa shape index (κ1) is 81.3. The fourth-order valence-electron chi connectivity index (χ4n) is 9.27. The Bertz CT molecular complexity index is 2460. The number of Topliss-reactive ketones (excluding diaryl/α,β-unsaturated/α-hetero) is 6. The summed E-state index contributed by atoms with van der Waals surface area (Å²) < 4.78 is 0. The van der Waals surface area contributed by atoms with E-state index >= 15 is 0 Å². The quantitative estimate of drug-likeness (QED) is 0.0254. The maximum atomic E-state index is 11.3. The van der Waals surface area contributed by atoms with E-state index < -0.39 is 0 Å². The smallest absolute Gasteiger partial charge is 0.220 e. The van der Waals surface area contributed by atoms with Gasteiger partial charge in [-0.05, 0) is 184 Å². The Kier molecular flexibility index (Phi) is 43.4. The molecule has 0 aliphatic carbocycles. The van der Waals surface area contributed by atoms with Crippen molar-refractivity contribution in [3.8, 4) is 0 Å². The van der Waals surface area contributed by atoms with Gasteiger partial charge in [0.1, 0.15) is 34.7 Å². The van der Waals surface area contributed by atoms with Crippen molar-refractivity contribution in [2.24, 2.45) is 66.8 Å². The third kappa shape index (κ3) is 37.4. The minimum atomic E-state index is -0.149. The molecular formula is C57H108N24O6. The van der Waals surface area contributed by atoms with E-state index in [2.05, 4.69) is 56.8 Å². The lowest BCUT2D eigenvalue weighted by Gasteiger charge is -2.35. The van der Waals surface area contributed by atoms with E-state index in [9.17, 15) is 28.8 Å². The molecule has 0 saturated carbocycles. The Hall–Kier alpha value is -7.77. The zero-order valence-corrected chi connectivity index (χ0v) is 53.7. The van der Waals surface area contributed by atoms with Crippen LogP contribution in [0.25, 0.3) is 0 Å². The lowest BCUT2D eigenvalue weighted by molar-refractivity contribution is -0.121. The largest absolute Gasteiger partial charge is 0.370 e. The number of aliphatic imine (C=N–C) groups is 3. The summed E-state index contributed by atoms with van der Waals surface area (Å²) in [7, 11) is 10.7. The number of aromatic nitrogens is 2. The maximum Gasteiger partial charge on any atom is 0.220 e. The van der Waals surface area contributed by atoms with E-state index in [1.54, 1.807) is 76.1 Å². The van der Waals surface area contributed by atoms with Crippen LogP contribution in [0.4, 0.5) is 11.6 Å². The minimum Gasteiger partial charge on any atom is -0.370 e. The van der Waals surface area contributed by atoms with Crippen LogP contribution < -0.4 is 83.5 Å². The number of benzene rings is 1. The summed E-state index contributed by atoms with van der Waals surface area (Å²) in [5.74, 6) is 1.96. The van der Waals surface area contributed by atoms with Crippen molar-refractivity contribution in [1.82, 2.24) is 51.7 Å². The predicted molar refractivity (Wildman–Crippen MR) is 349 cm³/mol. The number of nitrogens with two attached hydrogens (primary N) is 9. The maximum absolute atomic E-state index is 11.3. The molecule has 0 amide bonds. The van der Waals surface area contributed by atoms with Crippen LogP contribution in [0.3, 0.4) is 0 Å². The zero-order valence-electron chi connectivity index (χ0n) is 53.7. The number of nitrogens with zero attached hydrogens (tertiary/aromatic N) is 7. The molecule has 7 unspecified atom stereocenters. The zero-order chi connectivity index (χ0) is 66.8. The van der Waals surface area contributed by atoms with Gasteiger partial charge in [0, 0.05) is 50.7 Å². The van der Waals surface area contributed by atoms with Crippen LogP contribution in [0.1, 0.15) is 111 Å². The lowest BCUT2D eigenvalue weighted by Crippen LogP contribution is -2.48. The molecule has 26 N–H and O–H groups in total. The second kappa shape index (κ2) is 46.4. The molecule has 3 heterocycles. The van der Waals surface area contributed by atoms with Gasteiger partial charge in [-0.3, -0.25) is 49.6 Å². The molecule has 2 aliphatic rings. The molecule has 0 radical (unpaired) electrons. The van der Waals surface area contributed by atoms with E-state index in [0.717, 1.165) is 88.7 Å².